The van der Waals surface area contributed by atoms with E-state index in [2.05, 4.69) is 19.6 Å². The van der Waals surface area contributed by atoms with Crippen LogP contribution in [0.4, 0.5) is 17.6 Å². The van der Waals surface area contributed by atoms with Gasteiger partial charge in [-0.05, 0) is 24.6 Å². The molecule has 124 valence electrons. The maximum Gasteiger partial charge on any atom is 0.419 e. The first-order valence-electron chi connectivity index (χ1n) is 7.29. The van der Waals surface area contributed by atoms with Crippen LogP contribution in [0.15, 0.2) is 30.5 Å². The third-order valence-corrected chi connectivity index (χ3v) is 5.92. The van der Waals surface area contributed by atoms with E-state index < -0.39 is 25.6 Å². The van der Waals surface area contributed by atoms with Gasteiger partial charge < -0.3 is 0 Å². The fraction of sp³-hybridized carbons (Fsp3) is 0.353. The highest BCUT2D eigenvalue weighted by Gasteiger charge is 2.35. The predicted octanol–water partition coefficient (Wildman–Crippen LogP) is 4.19. The molecule has 0 saturated heterocycles. The standard InChI is InChI=1S/C17H20F4NSi/c1-11-8-15(18)14(17(19,20)21)9-13(11)16-7-6-12(10-22(16)2)23(3,4)5/h6-10H,1-5H3/q+1. The molecule has 2 aromatic rings. The Kier molecular flexibility index (Phi) is 4.41. The van der Waals surface area contributed by atoms with Gasteiger partial charge in [-0.15, -0.1) is 0 Å². The summed E-state index contributed by atoms with van der Waals surface area (Å²) in [5.74, 6) is -1.24. The average molecular weight is 342 g/mol. The van der Waals surface area contributed by atoms with Crippen molar-refractivity contribution in [1.82, 2.24) is 0 Å². The van der Waals surface area contributed by atoms with Crippen molar-refractivity contribution in [2.75, 3.05) is 0 Å². The highest BCUT2D eigenvalue weighted by atomic mass is 28.3. The normalized spacial score (nSPS) is 12.6. The Morgan fingerprint density at radius 1 is 1.04 bits per heavy atom. The molecule has 0 radical (unpaired) electrons. The van der Waals surface area contributed by atoms with Crippen LogP contribution in [-0.2, 0) is 13.2 Å². The monoisotopic (exact) mass is 342 g/mol. The summed E-state index contributed by atoms with van der Waals surface area (Å²) in [4.78, 5) is 0. The van der Waals surface area contributed by atoms with Gasteiger partial charge >= 0.3 is 6.18 Å². The lowest BCUT2D eigenvalue weighted by Crippen LogP contribution is -2.45. The third-order valence-electron chi connectivity index (χ3n) is 3.89. The molecular formula is C17H20F4NSi+. The van der Waals surface area contributed by atoms with Crippen molar-refractivity contribution < 1.29 is 22.1 Å². The summed E-state index contributed by atoms with van der Waals surface area (Å²) in [5.41, 5.74) is 0.276. The summed E-state index contributed by atoms with van der Waals surface area (Å²) < 4.78 is 54.3. The molecule has 0 aliphatic heterocycles. The first-order valence-corrected chi connectivity index (χ1v) is 10.8. The molecule has 6 heteroatoms. The number of alkyl halides is 3. The number of hydrogen-bond acceptors (Lipinski definition) is 0. The van der Waals surface area contributed by atoms with Crippen LogP contribution < -0.4 is 9.75 Å². The Hall–Kier alpha value is -1.69. The summed E-state index contributed by atoms with van der Waals surface area (Å²) in [6.07, 6.45) is -2.75. The summed E-state index contributed by atoms with van der Waals surface area (Å²) in [6.45, 7) is 8.22. The molecule has 2 rings (SSSR count). The van der Waals surface area contributed by atoms with Crippen LogP contribution in [0, 0.1) is 12.7 Å². The summed E-state index contributed by atoms with van der Waals surface area (Å²) in [5, 5.41) is 1.21. The molecule has 0 spiro atoms. The molecule has 1 heterocycles. The van der Waals surface area contributed by atoms with Gasteiger partial charge in [-0.3, -0.25) is 0 Å². The van der Waals surface area contributed by atoms with Crippen LogP contribution in [0.2, 0.25) is 19.6 Å². The SMILES string of the molecule is Cc1cc(F)c(C(F)(F)F)cc1-c1ccc([Si](C)(C)C)c[n+]1C. The largest absolute Gasteiger partial charge is 0.419 e. The Bertz CT molecular complexity index is 745. The molecule has 0 bridgehead atoms. The first kappa shape index (κ1) is 17.7. The zero-order valence-corrected chi connectivity index (χ0v) is 14.8. The number of hydrogen-bond donors (Lipinski definition) is 0. The predicted molar refractivity (Wildman–Crippen MR) is 85.7 cm³/mol. The van der Waals surface area contributed by atoms with E-state index >= 15 is 0 Å². The van der Waals surface area contributed by atoms with E-state index in [0.29, 0.717) is 16.8 Å². The minimum absolute atomic E-state index is 0.392. The van der Waals surface area contributed by atoms with Crippen LogP contribution in [0.25, 0.3) is 11.3 Å². The fourth-order valence-corrected chi connectivity index (χ4v) is 3.66. The van der Waals surface area contributed by atoms with Crippen molar-refractivity contribution in [2.24, 2.45) is 7.05 Å². The lowest BCUT2D eigenvalue weighted by atomic mass is 10.0. The van der Waals surface area contributed by atoms with Crippen molar-refractivity contribution in [3.8, 4) is 11.3 Å². The van der Waals surface area contributed by atoms with Crippen molar-refractivity contribution in [3.05, 3.63) is 47.4 Å². The summed E-state index contributed by atoms with van der Waals surface area (Å²) >= 11 is 0. The lowest BCUT2D eigenvalue weighted by molar-refractivity contribution is -0.659. The maximum absolute atomic E-state index is 13.6. The zero-order valence-electron chi connectivity index (χ0n) is 13.8. The number of nitrogens with zero attached hydrogens (tertiary/aromatic N) is 1. The van der Waals surface area contributed by atoms with Crippen LogP contribution in [0.5, 0.6) is 0 Å². The molecule has 0 N–H and O–H groups in total. The van der Waals surface area contributed by atoms with Gasteiger partial charge in [0, 0.05) is 16.8 Å². The van der Waals surface area contributed by atoms with E-state index in [0.717, 1.165) is 12.1 Å². The second-order valence-corrected chi connectivity index (χ2v) is 11.9. The van der Waals surface area contributed by atoms with Crippen LogP contribution in [0.3, 0.4) is 0 Å². The van der Waals surface area contributed by atoms with Crippen LogP contribution in [0.1, 0.15) is 11.1 Å². The molecular weight excluding hydrogens is 322 g/mol. The van der Waals surface area contributed by atoms with E-state index in [1.165, 1.54) is 5.19 Å². The fourth-order valence-electron chi connectivity index (χ4n) is 2.50. The van der Waals surface area contributed by atoms with E-state index in [4.69, 9.17) is 0 Å². The molecule has 23 heavy (non-hydrogen) atoms. The smallest absolute Gasteiger partial charge is 0.206 e. The Morgan fingerprint density at radius 3 is 2.13 bits per heavy atom. The molecule has 0 unspecified atom stereocenters. The van der Waals surface area contributed by atoms with Gasteiger partial charge in [-0.2, -0.15) is 13.2 Å². The second kappa shape index (κ2) is 5.74. The number of benzene rings is 1. The Labute approximate surface area is 134 Å². The van der Waals surface area contributed by atoms with Crippen molar-refractivity contribution in [2.45, 2.75) is 32.7 Å². The van der Waals surface area contributed by atoms with E-state index in [1.54, 1.807) is 14.0 Å². The zero-order chi connectivity index (χ0) is 17.6. The minimum atomic E-state index is -4.70. The number of halogens is 4. The van der Waals surface area contributed by atoms with Gasteiger partial charge in [0.1, 0.15) is 12.9 Å². The van der Waals surface area contributed by atoms with Crippen molar-refractivity contribution >= 4 is 13.3 Å². The number of aryl methyl sites for hydroxylation is 2. The lowest BCUT2D eigenvalue weighted by Gasteiger charge is -2.16. The molecule has 0 aliphatic rings. The van der Waals surface area contributed by atoms with Crippen LogP contribution >= 0.6 is 0 Å². The molecule has 1 aromatic heterocycles. The van der Waals surface area contributed by atoms with Crippen LogP contribution in [-0.4, -0.2) is 8.07 Å². The summed E-state index contributed by atoms with van der Waals surface area (Å²) in [6, 6.07) is 5.62. The molecule has 1 aromatic carbocycles. The molecule has 0 saturated carbocycles. The van der Waals surface area contributed by atoms with Gasteiger partial charge in [0.05, 0.1) is 13.6 Å². The number of pyridine rings is 1. The van der Waals surface area contributed by atoms with E-state index in [9.17, 15) is 17.6 Å². The molecule has 0 fully saturated rings. The third kappa shape index (κ3) is 3.63. The first-order chi connectivity index (χ1) is 10.4. The number of aromatic nitrogens is 1. The minimum Gasteiger partial charge on any atom is -0.206 e. The maximum atomic E-state index is 13.6. The van der Waals surface area contributed by atoms with Gasteiger partial charge in [0.25, 0.3) is 0 Å². The van der Waals surface area contributed by atoms with Crippen molar-refractivity contribution in [1.29, 1.82) is 0 Å². The number of rotatable bonds is 2. The molecule has 0 amide bonds. The van der Waals surface area contributed by atoms with Gasteiger partial charge in [-0.1, -0.05) is 25.7 Å². The van der Waals surface area contributed by atoms with Gasteiger partial charge in [0.2, 0.25) is 5.69 Å². The van der Waals surface area contributed by atoms with Crippen molar-refractivity contribution in [3.63, 3.8) is 0 Å². The second-order valence-electron chi connectivity index (χ2n) is 6.81. The highest BCUT2D eigenvalue weighted by molar-refractivity contribution is 6.88. The Balaban J connectivity index is 2.63. The summed E-state index contributed by atoms with van der Waals surface area (Å²) in [7, 11) is 0.288. The molecule has 1 nitrogen and oxygen atoms in total. The van der Waals surface area contributed by atoms with Gasteiger partial charge in [0.15, 0.2) is 6.20 Å². The highest BCUT2D eigenvalue weighted by Crippen LogP contribution is 2.35. The molecule has 0 aliphatic carbocycles. The average Bonchev–Trinajstić information content (AvgIpc) is 2.36. The van der Waals surface area contributed by atoms with E-state index in [1.807, 2.05) is 22.9 Å². The van der Waals surface area contributed by atoms with E-state index in [-0.39, 0.29) is 0 Å². The Morgan fingerprint density at radius 2 is 1.65 bits per heavy atom. The molecule has 0 atom stereocenters. The quantitative estimate of drug-likeness (QED) is 0.438. The topological polar surface area (TPSA) is 3.88 Å². The van der Waals surface area contributed by atoms with Gasteiger partial charge in [-0.25, -0.2) is 8.96 Å².